The lowest BCUT2D eigenvalue weighted by atomic mass is 10.1. The average Bonchev–Trinajstić information content (AvgIpc) is 3.13. The molecule has 3 heteroatoms. The molecule has 0 aliphatic heterocycles. The number of ether oxygens (including phenoxy) is 2. The number of allylic oxidation sites excluding steroid dienone is 4. The van der Waals surface area contributed by atoms with E-state index >= 15 is 0 Å². The van der Waals surface area contributed by atoms with Gasteiger partial charge in [0, 0.05) is 32.8 Å². The number of hydrogen-bond donors (Lipinski definition) is 0. The van der Waals surface area contributed by atoms with Crippen molar-refractivity contribution in [3.63, 3.8) is 0 Å². The zero-order chi connectivity index (χ0) is 35.7. The predicted molar refractivity (Wildman–Crippen MR) is 222 cm³/mol. The first kappa shape index (κ1) is 46.6. The molecule has 0 heterocycles. The van der Waals surface area contributed by atoms with Crippen LogP contribution in [0.2, 0.25) is 0 Å². The molecule has 1 aromatic carbocycles. The van der Waals surface area contributed by atoms with Crippen LogP contribution in [0.4, 0.5) is 0 Å². The molecule has 3 nitrogen and oxygen atoms in total. The largest absolute Gasteiger partial charge is 0.380 e. The third-order valence-electron chi connectivity index (χ3n) is 9.95. The van der Waals surface area contributed by atoms with Gasteiger partial charge in [-0.15, -0.1) is 0 Å². The molecule has 0 spiro atoms. The van der Waals surface area contributed by atoms with Crippen molar-refractivity contribution in [2.24, 2.45) is 0 Å². The van der Waals surface area contributed by atoms with Crippen molar-refractivity contribution in [2.75, 3.05) is 39.5 Å². The van der Waals surface area contributed by atoms with E-state index in [2.05, 4.69) is 73.4 Å². The fourth-order valence-corrected chi connectivity index (χ4v) is 6.61. The van der Waals surface area contributed by atoms with Gasteiger partial charge >= 0.3 is 0 Å². The summed E-state index contributed by atoms with van der Waals surface area (Å²) in [7, 11) is 0. The van der Waals surface area contributed by atoms with Gasteiger partial charge < -0.3 is 9.47 Å². The van der Waals surface area contributed by atoms with Gasteiger partial charge in [0.05, 0.1) is 13.2 Å². The van der Waals surface area contributed by atoms with Crippen LogP contribution in [-0.4, -0.2) is 44.4 Å². The van der Waals surface area contributed by atoms with Crippen LogP contribution in [0, 0.1) is 0 Å². The SMILES string of the molecule is CCCCCCCCC=CCCCCCCCCOCCN(CCOCCCCCCCCC=CCCCCCCCC)Cc1ccccc1. The molecule has 0 amide bonds. The van der Waals surface area contributed by atoms with Gasteiger partial charge in [0.2, 0.25) is 0 Å². The number of hydrogen-bond acceptors (Lipinski definition) is 3. The molecule has 0 N–H and O–H groups in total. The van der Waals surface area contributed by atoms with E-state index in [1.165, 1.54) is 185 Å². The minimum absolute atomic E-state index is 0.812. The molecule has 0 fully saturated rings. The van der Waals surface area contributed by atoms with Gasteiger partial charge in [-0.05, 0) is 69.8 Å². The molecule has 50 heavy (non-hydrogen) atoms. The van der Waals surface area contributed by atoms with Gasteiger partial charge in [0.25, 0.3) is 0 Å². The summed E-state index contributed by atoms with van der Waals surface area (Å²) < 4.78 is 12.1. The van der Waals surface area contributed by atoms with Gasteiger partial charge in [-0.3, -0.25) is 4.90 Å². The summed E-state index contributed by atoms with van der Waals surface area (Å²) in [6, 6.07) is 10.8. The Morgan fingerprint density at radius 1 is 0.400 bits per heavy atom. The Balaban J connectivity index is 1.97. The summed E-state index contributed by atoms with van der Waals surface area (Å²) in [6.07, 6.45) is 47.4. The number of benzene rings is 1. The van der Waals surface area contributed by atoms with Crippen molar-refractivity contribution < 1.29 is 9.47 Å². The third-order valence-corrected chi connectivity index (χ3v) is 9.95. The second kappa shape index (κ2) is 40.4. The van der Waals surface area contributed by atoms with Gasteiger partial charge in [-0.2, -0.15) is 0 Å². The lowest BCUT2D eigenvalue weighted by Gasteiger charge is -2.22. The first-order valence-electron chi connectivity index (χ1n) is 22.1. The van der Waals surface area contributed by atoms with Crippen LogP contribution in [0.15, 0.2) is 54.6 Å². The molecule has 0 radical (unpaired) electrons. The van der Waals surface area contributed by atoms with Crippen molar-refractivity contribution in [1.29, 1.82) is 0 Å². The van der Waals surface area contributed by atoms with Crippen LogP contribution in [0.1, 0.15) is 199 Å². The predicted octanol–water partition coefficient (Wildman–Crippen LogP) is 14.6. The Morgan fingerprint density at radius 2 is 0.740 bits per heavy atom. The molecule has 0 aliphatic carbocycles. The minimum Gasteiger partial charge on any atom is -0.380 e. The molecule has 0 saturated heterocycles. The zero-order valence-corrected chi connectivity index (χ0v) is 33.7. The zero-order valence-electron chi connectivity index (χ0n) is 33.7. The van der Waals surface area contributed by atoms with Crippen molar-refractivity contribution in [3.05, 3.63) is 60.2 Å². The second-order valence-corrected chi connectivity index (χ2v) is 14.9. The molecule has 0 atom stereocenters. The van der Waals surface area contributed by atoms with E-state index in [1.807, 2.05) is 0 Å². The quantitative estimate of drug-likeness (QED) is 0.0504. The highest BCUT2D eigenvalue weighted by Gasteiger charge is 2.06. The molecule has 0 aromatic heterocycles. The number of unbranched alkanes of at least 4 members (excludes halogenated alkanes) is 24. The van der Waals surface area contributed by atoms with Crippen molar-refractivity contribution in [2.45, 2.75) is 200 Å². The molecule has 1 rings (SSSR count). The Labute approximate surface area is 313 Å². The highest BCUT2D eigenvalue weighted by atomic mass is 16.5. The van der Waals surface area contributed by atoms with Gasteiger partial charge in [0.15, 0.2) is 0 Å². The molecule has 0 saturated carbocycles. The Hall–Kier alpha value is -1.42. The first-order chi connectivity index (χ1) is 24.9. The van der Waals surface area contributed by atoms with E-state index in [4.69, 9.17) is 9.47 Å². The van der Waals surface area contributed by atoms with Crippen LogP contribution in [-0.2, 0) is 16.0 Å². The number of rotatable bonds is 40. The van der Waals surface area contributed by atoms with Crippen LogP contribution in [0.25, 0.3) is 0 Å². The van der Waals surface area contributed by atoms with E-state index in [1.54, 1.807) is 0 Å². The maximum atomic E-state index is 6.07. The Morgan fingerprint density at radius 3 is 1.12 bits per heavy atom. The van der Waals surface area contributed by atoms with Crippen LogP contribution in [0.3, 0.4) is 0 Å². The summed E-state index contributed by atoms with van der Waals surface area (Å²) in [5.41, 5.74) is 1.37. The fourth-order valence-electron chi connectivity index (χ4n) is 6.61. The summed E-state index contributed by atoms with van der Waals surface area (Å²) in [6.45, 7) is 10.9. The minimum atomic E-state index is 0.812. The summed E-state index contributed by atoms with van der Waals surface area (Å²) >= 11 is 0. The van der Waals surface area contributed by atoms with Crippen molar-refractivity contribution in [3.8, 4) is 0 Å². The third kappa shape index (κ3) is 35.0. The van der Waals surface area contributed by atoms with E-state index < -0.39 is 0 Å². The fraction of sp³-hybridized carbons (Fsp3) is 0.787. The maximum absolute atomic E-state index is 6.07. The highest BCUT2D eigenvalue weighted by Crippen LogP contribution is 2.12. The highest BCUT2D eigenvalue weighted by molar-refractivity contribution is 5.14. The number of nitrogens with zero attached hydrogens (tertiary/aromatic N) is 1. The molecular weight excluding hydrogens is 611 g/mol. The summed E-state index contributed by atoms with van der Waals surface area (Å²) in [5.74, 6) is 0. The lowest BCUT2D eigenvalue weighted by molar-refractivity contribution is 0.0692. The molecule has 0 aliphatic rings. The first-order valence-corrected chi connectivity index (χ1v) is 22.1. The van der Waals surface area contributed by atoms with E-state index in [0.717, 1.165) is 46.1 Å². The molecule has 290 valence electrons. The maximum Gasteiger partial charge on any atom is 0.0593 e. The summed E-state index contributed by atoms with van der Waals surface area (Å²) in [5, 5.41) is 0. The molecule has 0 bridgehead atoms. The van der Waals surface area contributed by atoms with Gasteiger partial charge in [-0.1, -0.05) is 184 Å². The lowest BCUT2D eigenvalue weighted by Crippen LogP contribution is -2.31. The molecule has 0 unspecified atom stereocenters. The summed E-state index contributed by atoms with van der Waals surface area (Å²) in [4.78, 5) is 2.50. The van der Waals surface area contributed by atoms with E-state index in [-0.39, 0.29) is 0 Å². The van der Waals surface area contributed by atoms with Gasteiger partial charge in [-0.25, -0.2) is 0 Å². The molecular formula is C47H85NO2. The topological polar surface area (TPSA) is 21.7 Å². The van der Waals surface area contributed by atoms with Crippen molar-refractivity contribution in [1.82, 2.24) is 4.90 Å². The Bertz CT molecular complexity index is 774. The van der Waals surface area contributed by atoms with Gasteiger partial charge in [0.1, 0.15) is 0 Å². The van der Waals surface area contributed by atoms with E-state index in [9.17, 15) is 0 Å². The Kier molecular flexibility index (Phi) is 37.6. The van der Waals surface area contributed by atoms with E-state index in [0.29, 0.717) is 0 Å². The average molecular weight is 696 g/mol. The monoisotopic (exact) mass is 696 g/mol. The van der Waals surface area contributed by atoms with Crippen LogP contribution >= 0.6 is 0 Å². The molecule has 1 aromatic rings. The normalized spacial score (nSPS) is 12.0. The smallest absolute Gasteiger partial charge is 0.0593 e. The van der Waals surface area contributed by atoms with Crippen LogP contribution in [0.5, 0.6) is 0 Å². The standard InChI is InChI=1S/C47H85NO2/c1-3-5-7-9-11-13-15-17-19-21-23-25-27-29-31-36-42-49-44-40-48(46-47-38-34-33-35-39-47)41-45-50-43-37-32-30-28-26-24-22-20-18-16-14-12-10-8-6-4-2/h17-20,33-35,38-39H,3-16,21-32,36-37,40-46H2,1-2H3. The van der Waals surface area contributed by atoms with Crippen molar-refractivity contribution >= 4 is 0 Å². The van der Waals surface area contributed by atoms with Crippen LogP contribution < -0.4 is 0 Å². The second-order valence-electron chi connectivity index (χ2n) is 14.9.